The van der Waals surface area contributed by atoms with E-state index in [2.05, 4.69) is 10.3 Å². The van der Waals surface area contributed by atoms with Gasteiger partial charge in [-0.25, -0.2) is 13.8 Å². The van der Waals surface area contributed by atoms with E-state index in [1.807, 2.05) is 0 Å². The Morgan fingerprint density at radius 2 is 1.90 bits per heavy atom. The molecule has 1 aliphatic rings. The largest absolute Gasteiger partial charge is 0.454 e. The summed E-state index contributed by atoms with van der Waals surface area (Å²) in [5, 5.41) is 3.36. The minimum Gasteiger partial charge on any atom is -0.454 e. The summed E-state index contributed by atoms with van der Waals surface area (Å²) in [7, 11) is 0. The molecule has 0 bridgehead atoms. The number of carbonyl (C=O) groups is 1. The first kappa shape index (κ1) is 18.3. The lowest BCUT2D eigenvalue weighted by molar-refractivity contribution is 0.103. The molecule has 4 aromatic rings. The lowest BCUT2D eigenvalue weighted by Crippen LogP contribution is -2.11. The van der Waals surface area contributed by atoms with Crippen molar-refractivity contribution in [2.24, 2.45) is 0 Å². The number of thiophene rings is 1. The van der Waals surface area contributed by atoms with Crippen LogP contribution in [0, 0.1) is 11.6 Å². The molecule has 0 saturated heterocycles. The minimum atomic E-state index is -0.716. The van der Waals surface area contributed by atoms with Gasteiger partial charge in [0.15, 0.2) is 11.5 Å². The van der Waals surface area contributed by atoms with E-state index in [4.69, 9.17) is 15.2 Å². The number of nitrogens with zero attached hydrogens (tertiary/aromatic N) is 1. The van der Waals surface area contributed by atoms with Crippen molar-refractivity contribution in [3.63, 3.8) is 0 Å². The van der Waals surface area contributed by atoms with Crippen LogP contribution in [0.2, 0.25) is 0 Å². The van der Waals surface area contributed by atoms with Crippen molar-refractivity contribution in [1.29, 1.82) is 0 Å². The molecule has 150 valence electrons. The van der Waals surface area contributed by atoms with Crippen LogP contribution in [0.15, 0.2) is 48.5 Å². The number of nitrogens with one attached hydrogen (secondary N) is 1. The van der Waals surface area contributed by atoms with E-state index in [0.29, 0.717) is 33.1 Å². The third kappa shape index (κ3) is 3.09. The molecule has 0 saturated carbocycles. The lowest BCUT2D eigenvalue weighted by atomic mass is 10.1. The first-order valence-corrected chi connectivity index (χ1v) is 9.67. The van der Waals surface area contributed by atoms with Gasteiger partial charge in [0, 0.05) is 28.8 Å². The van der Waals surface area contributed by atoms with Gasteiger partial charge in [0.05, 0.1) is 11.4 Å². The van der Waals surface area contributed by atoms with Gasteiger partial charge < -0.3 is 20.5 Å². The number of nitrogens with two attached hydrogens (primary N) is 1. The molecule has 1 aliphatic heterocycles. The predicted octanol–water partition coefficient (Wildman–Crippen LogP) is 4.80. The van der Waals surface area contributed by atoms with Crippen molar-refractivity contribution in [3.05, 3.63) is 65.0 Å². The summed E-state index contributed by atoms with van der Waals surface area (Å²) in [5.74, 6) is -0.625. The number of nitrogen functional groups attached to an aromatic ring is 1. The van der Waals surface area contributed by atoms with Crippen LogP contribution in [0.5, 0.6) is 11.5 Å². The fourth-order valence-corrected chi connectivity index (χ4v) is 4.16. The first-order chi connectivity index (χ1) is 14.5. The number of fused-ring (bicyclic) bond motifs is 2. The van der Waals surface area contributed by atoms with Crippen molar-refractivity contribution < 1.29 is 23.0 Å². The lowest BCUT2D eigenvalue weighted by Gasteiger charge is -2.05. The zero-order chi connectivity index (χ0) is 20.8. The number of pyridine rings is 1. The summed E-state index contributed by atoms with van der Waals surface area (Å²) in [6, 6.07) is 11.6. The molecule has 0 radical (unpaired) electrons. The van der Waals surface area contributed by atoms with Gasteiger partial charge in [-0.1, -0.05) is 0 Å². The second-order valence-corrected chi connectivity index (χ2v) is 7.54. The molecule has 3 heterocycles. The highest BCUT2D eigenvalue weighted by atomic mass is 32.1. The Balaban J connectivity index is 1.47. The van der Waals surface area contributed by atoms with Crippen LogP contribution in [0.3, 0.4) is 0 Å². The Hall–Kier alpha value is -3.72. The number of ether oxygens (including phenoxy) is 2. The second-order valence-electron chi connectivity index (χ2n) is 6.54. The van der Waals surface area contributed by atoms with Crippen LogP contribution in [-0.2, 0) is 0 Å². The molecule has 3 N–H and O–H groups in total. The Labute approximate surface area is 172 Å². The predicted molar refractivity (Wildman–Crippen MR) is 110 cm³/mol. The average Bonchev–Trinajstić information content (AvgIpc) is 3.31. The van der Waals surface area contributed by atoms with Crippen molar-refractivity contribution in [1.82, 2.24) is 4.98 Å². The maximum absolute atomic E-state index is 14.1. The Morgan fingerprint density at radius 1 is 1.07 bits per heavy atom. The normalized spacial score (nSPS) is 12.3. The van der Waals surface area contributed by atoms with Gasteiger partial charge in [0.2, 0.25) is 6.79 Å². The molecular formula is C21H13F2N3O3S. The molecule has 1 amide bonds. The molecule has 30 heavy (non-hydrogen) atoms. The van der Waals surface area contributed by atoms with E-state index in [9.17, 15) is 13.6 Å². The summed E-state index contributed by atoms with van der Waals surface area (Å²) in [6.07, 6.45) is 0. The van der Waals surface area contributed by atoms with Crippen molar-refractivity contribution in [2.45, 2.75) is 0 Å². The number of anilines is 2. The number of aromatic nitrogens is 1. The van der Waals surface area contributed by atoms with Crippen LogP contribution >= 0.6 is 11.3 Å². The molecule has 0 aliphatic carbocycles. The van der Waals surface area contributed by atoms with E-state index in [-0.39, 0.29) is 22.9 Å². The molecule has 9 heteroatoms. The van der Waals surface area contributed by atoms with E-state index < -0.39 is 17.5 Å². The monoisotopic (exact) mass is 425 g/mol. The summed E-state index contributed by atoms with van der Waals surface area (Å²) in [5.41, 5.74) is 7.46. The zero-order valence-electron chi connectivity index (χ0n) is 15.2. The van der Waals surface area contributed by atoms with Crippen LogP contribution in [0.25, 0.3) is 21.5 Å². The standard InChI is InChI=1S/C21H13F2N3O3S/c22-10-1-3-12(14(23)7-10)15-5-4-13-18(24)19(30-21(13)26-15)20(27)25-11-2-6-16-17(8-11)29-9-28-16/h1-8H,9,24H2,(H,25,27). The van der Waals surface area contributed by atoms with Gasteiger partial charge in [0.1, 0.15) is 21.3 Å². The molecule has 0 unspecified atom stereocenters. The number of rotatable bonds is 3. The van der Waals surface area contributed by atoms with E-state index in [1.165, 1.54) is 6.07 Å². The zero-order valence-corrected chi connectivity index (χ0v) is 16.1. The topological polar surface area (TPSA) is 86.5 Å². The Bertz CT molecular complexity index is 1320. The van der Waals surface area contributed by atoms with Gasteiger partial charge in [-0.3, -0.25) is 4.79 Å². The molecule has 0 fully saturated rings. The number of benzene rings is 2. The molecule has 2 aromatic heterocycles. The SMILES string of the molecule is Nc1c(C(=O)Nc2ccc3c(c2)OCO3)sc2nc(-c3ccc(F)cc3F)ccc12. The van der Waals surface area contributed by atoms with Gasteiger partial charge >= 0.3 is 0 Å². The number of halogens is 2. The second kappa shape index (κ2) is 6.96. The highest BCUT2D eigenvalue weighted by Gasteiger charge is 2.20. The smallest absolute Gasteiger partial charge is 0.267 e. The first-order valence-electron chi connectivity index (χ1n) is 8.85. The van der Waals surface area contributed by atoms with Gasteiger partial charge in [-0.15, -0.1) is 11.3 Å². The van der Waals surface area contributed by atoms with Crippen LogP contribution in [0.1, 0.15) is 9.67 Å². The molecule has 5 rings (SSSR count). The average molecular weight is 425 g/mol. The quantitative estimate of drug-likeness (QED) is 0.492. The fraction of sp³-hybridized carbons (Fsp3) is 0.0476. The summed E-state index contributed by atoms with van der Waals surface area (Å²) in [6.45, 7) is 0.138. The van der Waals surface area contributed by atoms with E-state index >= 15 is 0 Å². The molecule has 2 aromatic carbocycles. The number of hydrogen-bond donors (Lipinski definition) is 2. The number of amides is 1. The van der Waals surface area contributed by atoms with Crippen LogP contribution < -0.4 is 20.5 Å². The third-order valence-corrected chi connectivity index (χ3v) is 5.75. The van der Waals surface area contributed by atoms with Crippen molar-refractivity contribution in [2.75, 3.05) is 17.8 Å². The van der Waals surface area contributed by atoms with Gasteiger partial charge in [-0.05, 0) is 36.4 Å². The summed E-state index contributed by atoms with van der Waals surface area (Å²) >= 11 is 1.09. The Kier molecular flexibility index (Phi) is 4.25. The number of hydrogen-bond acceptors (Lipinski definition) is 6. The molecular weight excluding hydrogens is 412 g/mol. The van der Waals surface area contributed by atoms with E-state index in [0.717, 1.165) is 23.5 Å². The van der Waals surface area contributed by atoms with Crippen molar-refractivity contribution >= 4 is 38.8 Å². The number of carbonyl (C=O) groups excluding carboxylic acids is 1. The molecule has 0 atom stereocenters. The maximum atomic E-state index is 14.1. The summed E-state index contributed by atoms with van der Waals surface area (Å²) in [4.78, 5) is 17.9. The Morgan fingerprint density at radius 3 is 2.73 bits per heavy atom. The molecule has 6 nitrogen and oxygen atoms in total. The van der Waals surface area contributed by atoms with Gasteiger partial charge in [-0.2, -0.15) is 0 Å². The summed E-state index contributed by atoms with van der Waals surface area (Å²) < 4.78 is 37.8. The highest BCUT2D eigenvalue weighted by Crippen LogP contribution is 2.37. The van der Waals surface area contributed by atoms with Crippen molar-refractivity contribution in [3.8, 4) is 22.8 Å². The molecule has 0 spiro atoms. The van der Waals surface area contributed by atoms with Crippen LogP contribution in [0.4, 0.5) is 20.2 Å². The highest BCUT2D eigenvalue weighted by molar-refractivity contribution is 7.21. The minimum absolute atomic E-state index is 0.138. The van der Waals surface area contributed by atoms with Gasteiger partial charge in [0.25, 0.3) is 5.91 Å². The van der Waals surface area contributed by atoms with Crippen LogP contribution in [-0.4, -0.2) is 17.7 Å². The van der Waals surface area contributed by atoms with E-state index in [1.54, 1.807) is 30.3 Å². The fourth-order valence-electron chi connectivity index (χ4n) is 3.18. The maximum Gasteiger partial charge on any atom is 0.267 e. The third-order valence-electron chi connectivity index (χ3n) is 4.64.